The van der Waals surface area contributed by atoms with E-state index in [1.807, 2.05) is 18.2 Å². The number of aliphatic imine (C=N–C) groups is 1. The fraction of sp³-hybridized carbons (Fsp3) is 0.444. The average Bonchev–Trinajstić information content (AvgIpc) is 3.11. The lowest BCUT2D eigenvalue weighted by atomic mass is 10.1. The van der Waals surface area contributed by atoms with Gasteiger partial charge in [0.15, 0.2) is 23.2 Å². The van der Waals surface area contributed by atoms with E-state index in [0.29, 0.717) is 36.5 Å². The van der Waals surface area contributed by atoms with Crippen LogP contribution in [0.25, 0.3) is 0 Å². The molecule has 0 bridgehead atoms. The molecule has 0 aliphatic rings. The first-order chi connectivity index (χ1) is 12.5. The molecule has 26 heavy (non-hydrogen) atoms. The van der Waals surface area contributed by atoms with E-state index < -0.39 is 0 Å². The minimum atomic E-state index is 0.340. The highest BCUT2D eigenvalue weighted by Gasteiger charge is 2.11. The Labute approximate surface area is 162 Å². The molecule has 2 aromatic rings. The van der Waals surface area contributed by atoms with E-state index in [1.165, 1.54) is 0 Å². The topological polar surface area (TPSA) is 80.9 Å². The van der Waals surface area contributed by atoms with Crippen molar-refractivity contribution in [3.63, 3.8) is 0 Å². The van der Waals surface area contributed by atoms with Crippen molar-refractivity contribution in [2.75, 3.05) is 21.3 Å². The van der Waals surface area contributed by atoms with Crippen LogP contribution in [0.15, 0.2) is 32.2 Å². The van der Waals surface area contributed by atoms with Gasteiger partial charge < -0.3 is 24.6 Å². The Morgan fingerprint density at radius 2 is 1.81 bits per heavy atom. The molecule has 7 nitrogen and oxygen atoms in total. The highest BCUT2D eigenvalue weighted by Crippen LogP contribution is 2.33. The maximum atomic E-state index is 5.35. The molecule has 0 aliphatic heterocycles. The fourth-order valence-electron chi connectivity index (χ4n) is 2.29. The molecule has 0 amide bonds. The normalized spacial score (nSPS) is 11.6. The summed E-state index contributed by atoms with van der Waals surface area (Å²) in [6.45, 7) is 5.23. The van der Waals surface area contributed by atoms with Crippen molar-refractivity contribution in [1.82, 2.24) is 15.8 Å². The number of rotatable bonds is 7. The number of aromatic nitrogens is 1. The first-order valence-electron chi connectivity index (χ1n) is 8.28. The molecular weight excluding hydrogens is 400 g/mol. The summed E-state index contributed by atoms with van der Waals surface area (Å²) < 4.78 is 16.9. The Morgan fingerprint density at radius 3 is 2.38 bits per heavy atom. The van der Waals surface area contributed by atoms with Gasteiger partial charge in [-0.15, -0.1) is 0 Å². The summed E-state index contributed by atoms with van der Waals surface area (Å²) >= 11 is 3.56. The summed E-state index contributed by atoms with van der Waals surface area (Å²) in [5.41, 5.74) is 1.96. The minimum Gasteiger partial charge on any atom is -0.493 e. The Balaban J connectivity index is 1.96. The second-order valence-electron chi connectivity index (χ2n) is 5.95. The lowest BCUT2D eigenvalue weighted by Crippen LogP contribution is -2.36. The summed E-state index contributed by atoms with van der Waals surface area (Å²) in [6.07, 6.45) is 0. The van der Waals surface area contributed by atoms with Gasteiger partial charge in [0.2, 0.25) is 0 Å². The van der Waals surface area contributed by atoms with Crippen LogP contribution in [0.2, 0.25) is 0 Å². The second kappa shape index (κ2) is 9.47. The van der Waals surface area contributed by atoms with E-state index >= 15 is 0 Å². The number of hydrogen-bond donors (Lipinski definition) is 2. The monoisotopic (exact) mass is 424 g/mol. The Hall–Kier alpha value is -2.22. The molecule has 1 aromatic heterocycles. The molecule has 2 N–H and O–H groups in total. The van der Waals surface area contributed by atoms with Crippen molar-refractivity contribution in [2.24, 2.45) is 4.99 Å². The quantitative estimate of drug-likeness (QED) is 0.523. The lowest BCUT2D eigenvalue weighted by Gasteiger charge is -2.14. The predicted octanol–water partition coefficient (Wildman–Crippen LogP) is 3.44. The standard InChI is InChI=1S/C18H25BrN4O3/c1-11(2)15-7-13(26-23-15)10-22-18(20-3)21-9-12-6-16(24-4)17(25-5)8-14(12)19/h6-8,11H,9-10H2,1-5H3,(H2,20,21,22). The van der Waals surface area contributed by atoms with Gasteiger partial charge >= 0.3 is 0 Å². The SMILES string of the molecule is CN=C(NCc1cc(C(C)C)no1)NCc1cc(OC)c(OC)cc1Br. The highest BCUT2D eigenvalue weighted by molar-refractivity contribution is 9.10. The molecule has 1 heterocycles. The van der Waals surface area contributed by atoms with Crippen molar-refractivity contribution in [1.29, 1.82) is 0 Å². The third kappa shape index (κ3) is 5.14. The van der Waals surface area contributed by atoms with Gasteiger partial charge in [-0.05, 0) is 23.6 Å². The maximum Gasteiger partial charge on any atom is 0.191 e. The van der Waals surface area contributed by atoms with Crippen molar-refractivity contribution in [3.8, 4) is 11.5 Å². The van der Waals surface area contributed by atoms with Crippen molar-refractivity contribution < 1.29 is 14.0 Å². The number of methoxy groups -OCH3 is 2. The van der Waals surface area contributed by atoms with E-state index in [9.17, 15) is 0 Å². The Kier molecular flexibility index (Phi) is 7.32. The number of benzene rings is 1. The summed E-state index contributed by atoms with van der Waals surface area (Å²) in [5.74, 6) is 3.13. The minimum absolute atomic E-state index is 0.340. The summed E-state index contributed by atoms with van der Waals surface area (Å²) in [5, 5.41) is 10.5. The zero-order valence-electron chi connectivity index (χ0n) is 15.7. The smallest absolute Gasteiger partial charge is 0.191 e. The number of guanidine groups is 1. The van der Waals surface area contributed by atoms with Crippen LogP contribution in [-0.4, -0.2) is 32.4 Å². The molecule has 1 aromatic carbocycles. The van der Waals surface area contributed by atoms with Crippen LogP contribution in [0.4, 0.5) is 0 Å². The zero-order chi connectivity index (χ0) is 19.1. The molecule has 0 fully saturated rings. The van der Waals surface area contributed by atoms with E-state index in [2.05, 4.69) is 50.6 Å². The van der Waals surface area contributed by atoms with Crippen LogP contribution >= 0.6 is 15.9 Å². The fourth-order valence-corrected chi connectivity index (χ4v) is 2.75. The van der Waals surface area contributed by atoms with Gasteiger partial charge in [-0.25, -0.2) is 0 Å². The number of halogens is 1. The Bertz CT molecular complexity index is 759. The average molecular weight is 425 g/mol. The van der Waals surface area contributed by atoms with Crippen LogP contribution in [-0.2, 0) is 13.1 Å². The number of nitrogens with zero attached hydrogens (tertiary/aromatic N) is 2. The summed E-state index contributed by atoms with van der Waals surface area (Å²) in [7, 11) is 4.95. The van der Waals surface area contributed by atoms with Gasteiger partial charge in [-0.1, -0.05) is 34.9 Å². The first-order valence-corrected chi connectivity index (χ1v) is 9.08. The van der Waals surface area contributed by atoms with Crippen LogP contribution in [0.3, 0.4) is 0 Å². The number of hydrogen-bond acceptors (Lipinski definition) is 5. The third-order valence-electron chi connectivity index (χ3n) is 3.82. The second-order valence-corrected chi connectivity index (χ2v) is 6.81. The van der Waals surface area contributed by atoms with Crippen LogP contribution < -0.4 is 20.1 Å². The van der Waals surface area contributed by atoms with E-state index in [1.54, 1.807) is 21.3 Å². The van der Waals surface area contributed by atoms with E-state index in [4.69, 9.17) is 14.0 Å². The predicted molar refractivity (Wildman–Crippen MR) is 105 cm³/mol. The van der Waals surface area contributed by atoms with Gasteiger partial charge in [-0.3, -0.25) is 4.99 Å². The maximum absolute atomic E-state index is 5.35. The molecular formula is C18H25BrN4O3. The molecule has 0 saturated carbocycles. The molecule has 2 rings (SSSR count). The molecule has 0 aliphatic carbocycles. The largest absolute Gasteiger partial charge is 0.493 e. The van der Waals surface area contributed by atoms with Crippen molar-refractivity contribution in [3.05, 3.63) is 39.7 Å². The molecule has 142 valence electrons. The van der Waals surface area contributed by atoms with Crippen LogP contribution in [0.1, 0.15) is 36.8 Å². The van der Waals surface area contributed by atoms with Crippen molar-refractivity contribution in [2.45, 2.75) is 32.9 Å². The van der Waals surface area contributed by atoms with E-state index in [-0.39, 0.29) is 0 Å². The molecule has 0 saturated heterocycles. The van der Waals surface area contributed by atoms with Gasteiger partial charge in [0.05, 0.1) is 26.5 Å². The number of ether oxygens (including phenoxy) is 2. The van der Waals surface area contributed by atoms with Gasteiger partial charge in [0.25, 0.3) is 0 Å². The van der Waals surface area contributed by atoms with Gasteiger partial charge in [0, 0.05) is 24.1 Å². The van der Waals surface area contributed by atoms with Crippen molar-refractivity contribution >= 4 is 21.9 Å². The molecule has 8 heteroatoms. The van der Waals surface area contributed by atoms with Gasteiger partial charge in [0.1, 0.15) is 0 Å². The van der Waals surface area contributed by atoms with Crippen LogP contribution in [0, 0.1) is 0 Å². The lowest BCUT2D eigenvalue weighted by molar-refractivity contribution is 0.354. The van der Waals surface area contributed by atoms with Gasteiger partial charge in [-0.2, -0.15) is 0 Å². The molecule has 0 atom stereocenters. The van der Waals surface area contributed by atoms with Crippen LogP contribution in [0.5, 0.6) is 11.5 Å². The summed E-state index contributed by atoms with van der Waals surface area (Å²) in [4.78, 5) is 4.23. The number of nitrogens with one attached hydrogen (secondary N) is 2. The Morgan fingerprint density at radius 1 is 1.15 bits per heavy atom. The molecule has 0 radical (unpaired) electrons. The molecule has 0 unspecified atom stereocenters. The van der Waals surface area contributed by atoms with E-state index in [0.717, 1.165) is 21.5 Å². The summed E-state index contributed by atoms with van der Waals surface area (Å²) in [6, 6.07) is 5.76. The zero-order valence-corrected chi connectivity index (χ0v) is 17.3. The first kappa shape index (κ1) is 20.1. The third-order valence-corrected chi connectivity index (χ3v) is 4.56. The molecule has 0 spiro atoms. The highest BCUT2D eigenvalue weighted by atomic mass is 79.9.